The Bertz CT molecular complexity index is 358. The molecule has 2 N–H and O–H groups in total. The first-order valence-electron chi connectivity index (χ1n) is 5.00. The fraction of sp³-hybridized carbons (Fsp3) is 0.667. The number of esters is 1. The third-order valence-electron chi connectivity index (χ3n) is 2.49. The monoisotopic (exact) mass is 248 g/mol. The first kappa shape index (κ1) is 13.1. The van der Waals surface area contributed by atoms with Gasteiger partial charge in [-0.1, -0.05) is 12.7 Å². The molecule has 1 heterocycles. The van der Waals surface area contributed by atoms with Crippen LogP contribution in [0.3, 0.4) is 0 Å². The second-order valence-electron chi connectivity index (χ2n) is 3.64. The van der Waals surface area contributed by atoms with E-state index in [1.807, 2.05) is 0 Å². The normalized spacial score (nSPS) is 19.3. The molecule has 0 saturated carbocycles. The quantitative estimate of drug-likeness (QED) is 0.543. The average molecular weight is 248 g/mol. The predicted octanol–water partition coefficient (Wildman–Crippen LogP) is -0.369. The van der Waals surface area contributed by atoms with Crippen molar-refractivity contribution < 1.29 is 17.9 Å². The van der Waals surface area contributed by atoms with Crippen molar-refractivity contribution >= 4 is 16.2 Å². The molecule has 1 rings (SSSR count). The van der Waals surface area contributed by atoms with Crippen LogP contribution in [0.1, 0.15) is 12.8 Å². The van der Waals surface area contributed by atoms with E-state index in [4.69, 9.17) is 9.88 Å². The molecule has 0 aromatic rings. The second kappa shape index (κ2) is 5.42. The lowest BCUT2D eigenvalue weighted by atomic mass is 9.98. The Hall–Kier alpha value is -0.920. The van der Waals surface area contributed by atoms with Gasteiger partial charge in [0.2, 0.25) is 0 Å². The lowest BCUT2D eigenvalue weighted by molar-refractivity contribution is -0.148. The molecule has 7 heteroatoms. The van der Waals surface area contributed by atoms with Crippen molar-refractivity contribution in [3.05, 3.63) is 12.7 Å². The van der Waals surface area contributed by atoms with Gasteiger partial charge in [0.1, 0.15) is 6.61 Å². The van der Waals surface area contributed by atoms with Gasteiger partial charge in [0, 0.05) is 13.1 Å². The first-order chi connectivity index (χ1) is 7.45. The molecule has 92 valence electrons. The van der Waals surface area contributed by atoms with E-state index in [1.54, 1.807) is 0 Å². The van der Waals surface area contributed by atoms with Gasteiger partial charge in [-0.15, -0.1) is 0 Å². The number of hydrogen-bond donors (Lipinski definition) is 1. The Morgan fingerprint density at radius 2 is 2.06 bits per heavy atom. The van der Waals surface area contributed by atoms with Crippen LogP contribution >= 0.6 is 0 Å². The average Bonchev–Trinajstić information content (AvgIpc) is 2.25. The van der Waals surface area contributed by atoms with Crippen LogP contribution in [0.5, 0.6) is 0 Å². The summed E-state index contributed by atoms with van der Waals surface area (Å²) in [6.07, 6.45) is 2.40. The Labute approximate surface area is 95.2 Å². The van der Waals surface area contributed by atoms with Gasteiger partial charge in [-0.3, -0.25) is 4.79 Å². The second-order valence-corrected chi connectivity index (χ2v) is 5.18. The molecule has 1 saturated heterocycles. The summed E-state index contributed by atoms with van der Waals surface area (Å²) in [6.45, 7) is 4.17. The zero-order valence-corrected chi connectivity index (χ0v) is 9.78. The number of ether oxygens (including phenoxy) is 1. The number of piperidine rings is 1. The van der Waals surface area contributed by atoms with Crippen LogP contribution in [0.4, 0.5) is 0 Å². The number of carbonyl (C=O) groups excluding carboxylic acids is 1. The highest BCUT2D eigenvalue weighted by Gasteiger charge is 2.29. The van der Waals surface area contributed by atoms with Crippen LogP contribution in [0, 0.1) is 5.92 Å². The molecule has 0 aromatic carbocycles. The smallest absolute Gasteiger partial charge is 0.309 e. The van der Waals surface area contributed by atoms with Crippen molar-refractivity contribution in [2.75, 3.05) is 19.7 Å². The highest BCUT2D eigenvalue weighted by Crippen LogP contribution is 2.19. The number of nitrogens with zero attached hydrogens (tertiary/aromatic N) is 1. The fourth-order valence-electron chi connectivity index (χ4n) is 1.60. The van der Waals surface area contributed by atoms with Gasteiger partial charge in [-0.25, -0.2) is 5.14 Å². The van der Waals surface area contributed by atoms with Gasteiger partial charge in [-0.2, -0.15) is 12.7 Å². The summed E-state index contributed by atoms with van der Waals surface area (Å²) in [5.74, 6) is -0.535. The molecule has 0 amide bonds. The van der Waals surface area contributed by atoms with E-state index in [0.717, 1.165) is 0 Å². The van der Waals surface area contributed by atoms with Crippen LogP contribution in [0.2, 0.25) is 0 Å². The Kier molecular flexibility index (Phi) is 4.45. The van der Waals surface area contributed by atoms with Gasteiger partial charge in [0.05, 0.1) is 5.92 Å². The fourth-order valence-corrected chi connectivity index (χ4v) is 2.32. The highest BCUT2D eigenvalue weighted by molar-refractivity contribution is 7.86. The summed E-state index contributed by atoms with van der Waals surface area (Å²) in [5, 5.41) is 4.98. The minimum absolute atomic E-state index is 0.189. The maximum absolute atomic E-state index is 11.4. The van der Waals surface area contributed by atoms with Crippen molar-refractivity contribution in [2.24, 2.45) is 11.1 Å². The zero-order valence-electron chi connectivity index (χ0n) is 8.96. The lowest BCUT2D eigenvalue weighted by Crippen LogP contribution is -2.43. The Morgan fingerprint density at radius 1 is 1.50 bits per heavy atom. The van der Waals surface area contributed by atoms with Gasteiger partial charge < -0.3 is 4.74 Å². The van der Waals surface area contributed by atoms with Gasteiger partial charge in [0.25, 0.3) is 10.2 Å². The third-order valence-corrected chi connectivity index (χ3v) is 3.58. The zero-order chi connectivity index (χ0) is 12.2. The van der Waals surface area contributed by atoms with E-state index in [0.29, 0.717) is 12.8 Å². The van der Waals surface area contributed by atoms with E-state index in [-0.39, 0.29) is 31.6 Å². The van der Waals surface area contributed by atoms with Crippen LogP contribution in [-0.2, 0) is 19.7 Å². The molecule has 0 spiro atoms. The highest BCUT2D eigenvalue weighted by atomic mass is 32.2. The van der Waals surface area contributed by atoms with E-state index in [9.17, 15) is 13.2 Å². The molecule has 1 fully saturated rings. The predicted molar refractivity (Wildman–Crippen MR) is 58.6 cm³/mol. The molecule has 6 nitrogen and oxygen atoms in total. The first-order valence-corrected chi connectivity index (χ1v) is 6.51. The Morgan fingerprint density at radius 3 is 2.50 bits per heavy atom. The van der Waals surface area contributed by atoms with Crippen LogP contribution in [0.25, 0.3) is 0 Å². The maximum atomic E-state index is 11.4. The van der Waals surface area contributed by atoms with Crippen molar-refractivity contribution in [3.8, 4) is 0 Å². The summed E-state index contributed by atoms with van der Waals surface area (Å²) in [4.78, 5) is 11.4. The van der Waals surface area contributed by atoms with Gasteiger partial charge in [-0.05, 0) is 12.8 Å². The molecule has 0 bridgehead atoms. The molecule has 0 unspecified atom stereocenters. The number of rotatable bonds is 4. The van der Waals surface area contributed by atoms with Crippen molar-refractivity contribution in [1.82, 2.24) is 4.31 Å². The molecule has 0 aromatic heterocycles. The van der Waals surface area contributed by atoms with Crippen molar-refractivity contribution in [3.63, 3.8) is 0 Å². The van der Waals surface area contributed by atoms with Crippen LogP contribution in [0.15, 0.2) is 12.7 Å². The van der Waals surface area contributed by atoms with E-state index in [1.165, 1.54) is 10.4 Å². The van der Waals surface area contributed by atoms with Crippen molar-refractivity contribution in [1.29, 1.82) is 0 Å². The summed E-state index contributed by atoms with van der Waals surface area (Å²) in [7, 11) is -3.63. The summed E-state index contributed by atoms with van der Waals surface area (Å²) in [6, 6.07) is 0. The summed E-state index contributed by atoms with van der Waals surface area (Å²) in [5.41, 5.74) is 0. The molecule has 0 atom stereocenters. The number of nitrogens with two attached hydrogens (primary N) is 1. The number of hydrogen-bond acceptors (Lipinski definition) is 4. The lowest BCUT2D eigenvalue weighted by Gasteiger charge is -2.28. The summed E-state index contributed by atoms with van der Waals surface area (Å²) >= 11 is 0. The van der Waals surface area contributed by atoms with E-state index >= 15 is 0 Å². The number of carbonyl (C=O) groups is 1. The maximum Gasteiger partial charge on any atom is 0.309 e. The molecule has 0 radical (unpaired) electrons. The van der Waals surface area contributed by atoms with E-state index < -0.39 is 10.2 Å². The molecule has 1 aliphatic rings. The van der Waals surface area contributed by atoms with E-state index in [2.05, 4.69) is 6.58 Å². The third kappa shape index (κ3) is 3.58. The van der Waals surface area contributed by atoms with Crippen LogP contribution < -0.4 is 5.14 Å². The standard InChI is InChI=1S/C9H16N2O4S/c1-2-7-15-9(12)8-3-5-11(6-4-8)16(10,13)14/h2,8H,1,3-7H2,(H2,10,13,14). The van der Waals surface area contributed by atoms with Gasteiger partial charge >= 0.3 is 5.97 Å². The Balaban J connectivity index is 2.43. The molecule has 0 aliphatic carbocycles. The minimum atomic E-state index is -3.63. The largest absolute Gasteiger partial charge is 0.461 e. The summed E-state index contributed by atoms with van der Waals surface area (Å²) < 4.78 is 28.1. The van der Waals surface area contributed by atoms with Crippen molar-refractivity contribution in [2.45, 2.75) is 12.8 Å². The molecular formula is C9H16N2O4S. The minimum Gasteiger partial charge on any atom is -0.461 e. The molecule has 1 aliphatic heterocycles. The molecule has 16 heavy (non-hydrogen) atoms. The SMILES string of the molecule is C=CCOC(=O)C1CCN(S(N)(=O)=O)CC1. The van der Waals surface area contributed by atoms with Crippen LogP contribution in [-0.4, -0.2) is 38.4 Å². The molecular weight excluding hydrogens is 232 g/mol. The topological polar surface area (TPSA) is 89.7 Å². The van der Waals surface area contributed by atoms with Gasteiger partial charge in [0.15, 0.2) is 0 Å².